The Morgan fingerprint density at radius 1 is 1.06 bits per heavy atom. The fourth-order valence-electron chi connectivity index (χ4n) is 2.38. The predicted octanol–water partition coefficient (Wildman–Crippen LogP) is 2.99. The summed E-state index contributed by atoms with van der Waals surface area (Å²) in [5, 5.41) is 4.47. The van der Waals surface area contributed by atoms with Crippen molar-refractivity contribution in [2.45, 2.75) is 40.2 Å². The van der Waals surface area contributed by atoms with Crippen LogP contribution in [0.25, 0.3) is 5.69 Å². The summed E-state index contributed by atoms with van der Waals surface area (Å²) in [6, 6.07) is 6.44. The lowest BCUT2D eigenvalue weighted by atomic mass is 9.96. The van der Waals surface area contributed by atoms with E-state index in [-0.39, 0.29) is 5.54 Å². The van der Waals surface area contributed by atoms with Gasteiger partial charge in [0.25, 0.3) is 0 Å². The van der Waals surface area contributed by atoms with Gasteiger partial charge in [-0.3, -0.25) is 0 Å². The Morgan fingerprint density at radius 3 is 2.06 bits per heavy atom. The molecule has 0 aliphatic rings. The van der Waals surface area contributed by atoms with E-state index < -0.39 is 0 Å². The summed E-state index contributed by atoms with van der Waals surface area (Å²) < 4.78 is 1.96. The maximum atomic E-state index is 6.16. The number of rotatable bonds is 2. The number of aromatic nitrogens is 2. The molecule has 0 aliphatic heterocycles. The third kappa shape index (κ3) is 2.31. The van der Waals surface area contributed by atoms with Gasteiger partial charge in [0.15, 0.2) is 0 Å². The van der Waals surface area contributed by atoms with Gasteiger partial charge in [0.05, 0.1) is 11.9 Å². The van der Waals surface area contributed by atoms with Crippen LogP contribution in [0.5, 0.6) is 0 Å². The smallest absolute Gasteiger partial charge is 0.0654 e. The minimum absolute atomic E-state index is 0.360. The molecule has 1 aromatic carbocycles. The Balaban J connectivity index is 2.56. The van der Waals surface area contributed by atoms with Crippen molar-refractivity contribution < 1.29 is 0 Å². The maximum absolute atomic E-state index is 6.16. The van der Waals surface area contributed by atoms with Crippen LogP contribution in [0.15, 0.2) is 24.4 Å². The largest absolute Gasteiger partial charge is 0.322 e. The van der Waals surface area contributed by atoms with Gasteiger partial charge in [-0.15, -0.1) is 0 Å². The predicted molar refractivity (Wildman–Crippen MR) is 75.0 cm³/mol. The van der Waals surface area contributed by atoms with E-state index >= 15 is 0 Å². The van der Waals surface area contributed by atoms with Crippen molar-refractivity contribution in [2.24, 2.45) is 5.73 Å². The summed E-state index contributed by atoms with van der Waals surface area (Å²) in [6.07, 6.45) is 1.87. The molecule has 2 N–H and O–H groups in total. The van der Waals surface area contributed by atoms with Crippen molar-refractivity contribution in [2.75, 3.05) is 0 Å². The molecule has 0 atom stereocenters. The van der Waals surface area contributed by atoms with Crippen LogP contribution >= 0.6 is 0 Å². The Hall–Kier alpha value is -1.61. The van der Waals surface area contributed by atoms with Gasteiger partial charge in [0.1, 0.15) is 0 Å². The molecular formula is C15H21N3. The topological polar surface area (TPSA) is 43.8 Å². The van der Waals surface area contributed by atoms with Crippen molar-refractivity contribution in [3.8, 4) is 5.69 Å². The first-order valence-electron chi connectivity index (χ1n) is 6.21. The van der Waals surface area contributed by atoms with Gasteiger partial charge in [0, 0.05) is 16.8 Å². The Labute approximate surface area is 109 Å². The Bertz CT molecular complexity index is 554. The zero-order valence-corrected chi connectivity index (χ0v) is 11.8. The van der Waals surface area contributed by atoms with E-state index in [0.29, 0.717) is 0 Å². The minimum Gasteiger partial charge on any atom is -0.322 e. The van der Waals surface area contributed by atoms with Crippen LogP contribution in [0, 0.1) is 20.8 Å². The number of nitrogens with zero attached hydrogens (tertiary/aromatic N) is 2. The molecule has 0 saturated carbocycles. The number of hydrogen-bond acceptors (Lipinski definition) is 2. The van der Waals surface area contributed by atoms with Crippen molar-refractivity contribution in [1.82, 2.24) is 9.78 Å². The molecule has 0 unspecified atom stereocenters. The van der Waals surface area contributed by atoms with Gasteiger partial charge < -0.3 is 5.73 Å². The van der Waals surface area contributed by atoms with E-state index in [9.17, 15) is 0 Å². The monoisotopic (exact) mass is 243 g/mol. The second-order valence-corrected chi connectivity index (χ2v) is 5.62. The molecule has 0 amide bonds. The van der Waals surface area contributed by atoms with E-state index in [4.69, 9.17) is 5.73 Å². The van der Waals surface area contributed by atoms with Crippen LogP contribution in [0.2, 0.25) is 0 Å². The normalized spacial score (nSPS) is 11.9. The van der Waals surface area contributed by atoms with Gasteiger partial charge >= 0.3 is 0 Å². The molecule has 2 rings (SSSR count). The van der Waals surface area contributed by atoms with E-state index in [1.165, 1.54) is 11.1 Å². The summed E-state index contributed by atoms with van der Waals surface area (Å²) in [5.74, 6) is 0. The first kappa shape index (κ1) is 12.8. The lowest BCUT2D eigenvalue weighted by Crippen LogP contribution is -2.29. The molecule has 96 valence electrons. The molecule has 3 nitrogen and oxygen atoms in total. The number of hydrogen-bond donors (Lipinski definition) is 1. The second-order valence-electron chi connectivity index (χ2n) is 5.62. The summed E-state index contributed by atoms with van der Waals surface area (Å²) in [4.78, 5) is 0. The summed E-state index contributed by atoms with van der Waals surface area (Å²) in [5.41, 5.74) is 11.6. The molecule has 1 heterocycles. The molecule has 18 heavy (non-hydrogen) atoms. The molecular weight excluding hydrogens is 222 g/mol. The second kappa shape index (κ2) is 4.25. The van der Waals surface area contributed by atoms with Crippen LogP contribution < -0.4 is 5.73 Å². The highest BCUT2D eigenvalue weighted by Gasteiger charge is 2.20. The first-order chi connectivity index (χ1) is 8.29. The van der Waals surface area contributed by atoms with Crippen LogP contribution in [0.1, 0.15) is 36.2 Å². The molecule has 0 radical (unpaired) electrons. The van der Waals surface area contributed by atoms with Gasteiger partial charge in [0.2, 0.25) is 0 Å². The lowest BCUT2D eigenvalue weighted by Gasteiger charge is -2.18. The van der Waals surface area contributed by atoms with Gasteiger partial charge in [-0.25, -0.2) is 4.68 Å². The SMILES string of the molecule is Cc1cc(C)cc(-n2ncc(C(C)(C)N)c2C)c1. The molecule has 0 bridgehead atoms. The highest BCUT2D eigenvalue weighted by molar-refractivity contribution is 5.41. The van der Waals surface area contributed by atoms with Crippen molar-refractivity contribution in [1.29, 1.82) is 0 Å². The fraction of sp³-hybridized carbons (Fsp3) is 0.400. The zero-order valence-electron chi connectivity index (χ0n) is 11.8. The Kier molecular flexibility index (Phi) is 3.03. The quantitative estimate of drug-likeness (QED) is 0.881. The van der Waals surface area contributed by atoms with Gasteiger partial charge in [-0.05, 0) is 57.9 Å². The van der Waals surface area contributed by atoms with Crippen molar-refractivity contribution >= 4 is 0 Å². The third-order valence-corrected chi connectivity index (χ3v) is 3.15. The van der Waals surface area contributed by atoms with Crippen LogP contribution in [0.4, 0.5) is 0 Å². The van der Waals surface area contributed by atoms with Crippen molar-refractivity contribution in [3.05, 3.63) is 46.8 Å². The highest BCUT2D eigenvalue weighted by atomic mass is 15.3. The molecule has 0 spiro atoms. The standard InChI is InChI=1S/C15H21N3/c1-10-6-11(2)8-13(7-10)18-12(3)14(9-17-18)15(4,5)16/h6-9H,16H2,1-5H3. The van der Waals surface area contributed by atoms with Crippen molar-refractivity contribution in [3.63, 3.8) is 0 Å². The zero-order chi connectivity index (χ0) is 13.5. The van der Waals surface area contributed by atoms with Crippen LogP contribution in [0.3, 0.4) is 0 Å². The van der Waals surface area contributed by atoms with E-state index in [2.05, 4.69) is 44.1 Å². The molecule has 1 aromatic heterocycles. The highest BCUT2D eigenvalue weighted by Crippen LogP contribution is 2.23. The Morgan fingerprint density at radius 2 is 1.61 bits per heavy atom. The molecule has 0 saturated heterocycles. The molecule has 2 aromatic rings. The summed E-state index contributed by atoms with van der Waals surface area (Å²) >= 11 is 0. The average molecular weight is 243 g/mol. The maximum Gasteiger partial charge on any atom is 0.0654 e. The lowest BCUT2D eigenvalue weighted by molar-refractivity contribution is 0.550. The number of benzene rings is 1. The van der Waals surface area contributed by atoms with Gasteiger partial charge in [-0.1, -0.05) is 6.07 Å². The van der Waals surface area contributed by atoms with Crippen LogP contribution in [-0.2, 0) is 5.54 Å². The van der Waals surface area contributed by atoms with Gasteiger partial charge in [-0.2, -0.15) is 5.10 Å². The summed E-state index contributed by atoms with van der Waals surface area (Å²) in [6.45, 7) is 10.3. The van der Waals surface area contributed by atoms with Crippen LogP contribution in [-0.4, -0.2) is 9.78 Å². The molecule has 3 heteroatoms. The fourth-order valence-corrected chi connectivity index (χ4v) is 2.38. The molecule has 0 aliphatic carbocycles. The minimum atomic E-state index is -0.360. The average Bonchev–Trinajstić information content (AvgIpc) is 2.57. The number of nitrogens with two attached hydrogens (primary N) is 1. The summed E-state index contributed by atoms with van der Waals surface area (Å²) in [7, 11) is 0. The third-order valence-electron chi connectivity index (χ3n) is 3.15. The first-order valence-corrected chi connectivity index (χ1v) is 6.21. The molecule has 0 fully saturated rings. The van der Waals surface area contributed by atoms with E-state index in [0.717, 1.165) is 16.9 Å². The van der Waals surface area contributed by atoms with E-state index in [1.54, 1.807) is 0 Å². The van der Waals surface area contributed by atoms with E-state index in [1.807, 2.05) is 24.7 Å². The number of aryl methyl sites for hydroxylation is 2.